The van der Waals surface area contributed by atoms with Gasteiger partial charge in [-0.25, -0.2) is 12.7 Å². The Bertz CT molecular complexity index is 701. The van der Waals surface area contributed by atoms with Crippen LogP contribution in [0.1, 0.15) is 19.8 Å². The van der Waals surface area contributed by atoms with Gasteiger partial charge in [0.05, 0.1) is 12.7 Å². The maximum Gasteiger partial charge on any atom is 0.246 e. The molecule has 0 bridgehead atoms. The van der Waals surface area contributed by atoms with Gasteiger partial charge in [-0.15, -0.1) is 0 Å². The Morgan fingerprint density at radius 3 is 2.80 bits per heavy atom. The highest BCUT2D eigenvalue weighted by atomic mass is 32.2. The number of hydrogen-bond donors (Lipinski definition) is 2. The second-order valence-electron chi connectivity index (χ2n) is 5.85. The van der Waals surface area contributed by atoms with Crippen molar-refractivity contribution in [2.75, 3.05) is 39.2 Å². The number of anilines is 1. The van der Waals surface area contributed by atoms with Crippen LogP contribution in [0.2, 0.25) is 0 Å². The molecule has 2 rings (SSSR count). The molecule has 7 nitrogen and oxygen atoms in total. The van der Waals surface area contributed by atoms with E-state index in [0.717, 1.165) is 23.8 Å². The molecule has 1 heterocycles. The van der Waals surface area contributed by atoms with Crippen molar-refractivity contribution in [3.8, 4) is 5.75 Å². The van der Waals surface area contributed by atoms with Crippen molar-refractivity contribution in [2.24, 2.45) is 0 Å². The van der Waals surface area contributed by atoms with E-state index < -0.39 is 10.0 Å². The summed E-state index contributed by atoms with van der Waals surface area (Å²) < 4.78 is 37.2. The lowest BCUT2D eigenvalue weighted by Gasteiger charge is -2.18. The maximum absolute atomic E-state index is 12.5. The van der Waals surface area contributed by atoms with Gasteiger partial charge in [0.2, 0.25) is 10.0 Å². The average Bonchev–Trinajstić information content (AvgIpc) is 3.08. The van der Waals surface area contributed by atoms with Gasteiger partial charge in [0, 0.05) is 32.9 Å². The molecular weight excluding hydrogens is 362 g/mol. The summed E-state index contributed by atoms with van der Waals surface area (Å²) in [5.74, 6) is 0.319. The molecule has 25 heavy (non-hydrogen) atoms. The van der Waals surface area contributed by atoms with Gasteiger partial charge in [0.15, 0.2) is 5.11 Å². The van der Waals surface area contributed by atoms with Crippen LogP contribution in [0.15, 0.2) is 23.1 Å². The zero-order valence-electron chi connectivity index (χ0n) is 14.7. The zero-order valence-corrected chi connectivity index (χ0v) is 16.4. The van der Waals surface area contributed by atoms with Gasteiger partial charge >= 0.3 is 0 Å². The Morgan fingerprint density at radius 1 is 1.44 bits per heavy atom. The van der Waals surface area contributed by atoms with Gasteiger partial charge in [0.1, 0.15) is 10.6 Å². The molecule has 0 aliphatic carbocycles. The summed E-state index contributed by atoms with van der Waals surface area (Å²) in [6.07, 6.45) is 2.26. The molecule has 1 saturated heterocycles. The van der Waals surface area contributed by atoms with Gasteiger partial charge in [-0.3, -0.25) is 0 Å². The first-order chi connectivity index (χ1) is 11.8. The van der Waals surface area contributed by atoms with Gasteiger partial charge in [-0.2, -0.15) is 0 Å². The first-order valence-electron chi connectivity index (χ1n) is 8.20. The third-order valence-electron chi connectivity index (χ3n) is 3.77. The van der Waals surface area contributed by atoms with E-state index in [1.807, 2.05) is 6.92 Å². The molecule has 0 saturated carbocycles. The smallest absolute Gasteiger partial charge is 0.246 e. The minimum atomic E-state index is -3.63. The number of hydrogen-bond acceptors (Lipinski definition) is 5. The minimum Gasteiger partial charge on any atom is -0.492 e. The van der Waals surface area contributed by atoms with Gasteiger partial charge in [-0.05, 0) is 50.2 Å². The van der Waals surface area contributed by atoms with Crippen molar-refractivity contribution < 1.29 is 17.9 Å². The van der Waals surface area contributed by atoms with Crippen molar-refractivity contribution in [1.29, 1.82) is 0 Å². The van der Waals surface area contributed by atoms with Gasteiger partial charge in [0.25, 0.3) is 0 Å². The SMILES string of the molecule is CCOc1ccc(NC(=S)NC[C@@H]2CCCO2)cc1S(=O)(=O)N(C)C. The predicted octanol–water partition coefficient (Wildman–Crippen LogP) is 1.80. The molecule has 1 fully saturated rings. The molecule has 2 N–H and O–H groups in total. The highest BCUT2D eigenvalue weighted by molar-refractivity contribution is 7.89. The molecule has 1 atom stereocenters. The van der Waals surface area contributed by atoms with Crippen LogP contribution in [0.5, 0.6) is 5.75 Å². The van der Waals surface area contributed by atoms with Crippen LogP contribution in [-0.2, 0) is 14.8 Å². The fourth-order valence-electron chi connectivity index (χ4n) is 2.45. The van der Waals surface area contributed by atoms with Crippen molar-refractivity contribution in [3.05, 3.63) is 18.2 Å². The zero-order chi connectivity index (χ0) is 18.4. The Balaban J connectivity index is 2.11. The number of rotatable bonds is 7. The van der Waals surface area contributed by atoms with E-state index in [0.29, 0.717) is 29.7 Å². The fraction of sp³-hybridized carbons (Fsp3) is 0.562. The van der Waals surface area contributed by atoms with Gasteiger partial charge < -0.3 is 20.1 Å². The molecule has 9 heteroatoms. The van der Waals surface area contributed by atoms with Crippen molar-refractivity contribution >= 4 is 33.0 Å². The fourth-order valence-corrected chi connectivity index (χ4v) is 3.70. The monoisotopic (exact) mass is 387 g/mol. The Labute approximate surface area is 154 Å². The van der Waals surface area contributed by atoms with Crippen LogP contribution in [0.25, 0.3) is 0 Å². The normalized spacial score (nSPS) is 17.5. The highest BCUT2D eigenvalue weighted by Crippen LogP contribution is 2.29. The lowest BCUT2D eigenvalue weighted by atomic mass is 10.2. The number of sulfonamides is 1. The summed E-state index contributed by atoms with van der Waals surface area (Å²) in [7, 11) is -0.659. The molecule has 0 radical (unpaired) electrons. The standard InChI is InChI=1S/C16H25N3O4S2/c1-4-22-14-8-7-12(10-15(14)25(20,21)19(2)3)18-16(24)17-11-13-6-5-9-23-13/h7-8,10,13H,4-6,9,11H2,1-3H3,(H2,17,18,24)/t13-/m0/s1. The molecule has 1 aromatic carbocycles. The second-order valence-corrected chi connectivity index (χ2v) is 8.38. The summed E-state index contributed by atoms with van der Waals surface area (Å²) >= 11 is 5.27. The van der Waals surface area contributed by atoms with E-state index >= 15 is 0 Å². The summed E-state index contributed by atoms with van der Waals surface area (Å²) in [5, 5.41) is 6.53. The van der Waals surface area contributed by atoms with Gasteiger partial charge in [-0.1, -0.05) is 0 Å². The quantitative estimate of drug-likeness (QED) is 0.691. The Hall–Kier alpha value is -1.42. The number of benzene rings is 1. The van der Waals surface area contributed by atoms with E-state index in [1.165, 1.54) is 20.2 Å². The molecular formula is C16H25N3O4S2. The number of nitrogens with zero attached hydrogens (tertiary/aromatic N) is 1. The van der Waals surface area contributed by atoms with E-state index in [4.69, 9.17) is 21.7 Å². The summed E-state index contributed by atoms with van der Waals surface area (Å²) in [4.78, 5) is 0.103. The number of nitrogens with one attached hydrogen (secondary N) is 2. The van der Waals surface area contributed by atoms with Crippen LogP contribution < -0.4 is 15.4 Å². The van der Waals surface area contributed by atoms with E-state index in [1.54, 1.807) is 12.1 Å². The molecule has 140 valence electrons. The second kappa shape index (κ2) is 8.79. The van der Waals surface area contributed by atoms with Crippen molar-refractivity contribution in [3.63, 3.8) is 0 Å². The largest absolute Gasteiger partial charge is 0.492 e. The van der Waals surface area contributed by atoms with Crippen LogP contribution in [0.3, 0.4) is 0 Å². The van der Waals surface area contributed by atoms with Crippen molar-refractivity contribution in [2.45, 2.75) is 30.8 Å². The van der Waals surface area contributed by atoms with Crippen LogP contribution in [-0.4, -0.2) is 57.8 Å². The molecule has 0 unspecified atom stereocenters. The lowest BCUT2D eigenvalue weighted by Crippen LogP contribution is -2.34. The van der Waals surface area contributed by atoms with Crippen LogP contribution in [0.4, 0.5) is 5.69 Å². The lowest BCUT2D eigenvalue weighted by molar-refractivity contribution is 0.114. The van der Waals surface area contributed by atoms with Crippen LogP contribution >= 0.6 is 12.2 Å². The number of thiocarbonyl (C=S) groups is 1. The molecule has 1 aromatic rings. The predicted molar refractivity (Wildman–Crippen MR) is 102 cm³/mol. The molecule has 0 spiro atoms. The molecule has 0 aromatic heterocycles. The third kappa shape index (κ3) is 5.27. The topological polar surface area (TPSA) is 79.9 Å². The Kier molecular flexibility index (Phi) is 7.00. The maximum atomic E-state index is 12.5. The molecule has 1 aliphatic rings. The minimum absolute atomic E-state index is 0.103. The average molecular weight is 388 g/mol. The first kappa shape index (κ1) is 19.9. The summed E-state index contributed by atoms with van der Waals surface area (Å²) in [6, 6.07) is 4.89. The van der Waals surface area contributed by atoms with Crippen molar-refractivity contribution in [1.82, 2.24) is 9.62 Å². The highest BCUT2D eigenvalue weighted by Gasteiger charge is 2.23. The summed E-state index contributed by atoms with van der Waals surface area (Å²) in [5.41, 5.74) is 0.578. The van der Waals surface area contributed by atoms with E-state index in [-0.39, 0.29) is 11.0 Å². The number of ether oxygens (including phenoxy) is 2. The molecule has 1 aliphatic heterocycles. The van der Waals surface area contributed by atoms with Crippen LogP contribution in [0, 0.1) is 0 Å². The van der Waals surface area contributed by atoms with E-state index in [2.05, 4.69) is 10.6 Å². The molecule has 0 amide bonds. The summed E-state index contributed by atoms with van der Waals surface area (Å²) in [6.45, 7) is 3.61. The van der Waals surface area contributed by atoms with E-state index in [9.17, 15) is 8.42 Å². The Morgan fingerprint density at radius 2 is 2.20 bits per heavy atom. The first-order valence-corrected chi connectivity index (χ1v) is 10.0. The third-order valence-corrected chi connectivity index (χ3v) is 5.86.